The molecule has 1 aliphatic rings. The Balaban J connectivity index is 1.86. The zero-order valence-corrected chi connectivity index (χ0v) is 15.5. The Labute approximate surface area is 145 Å². The summed E-state index contributed by atoms with van der Waals surface area (Å²) in [5.41, 5.74) is 2.55. The van der Waals surface area contributed by atoms with Gasteiger partial charge in [-0.3, -0.25) is 4.21 Å². The molecular weight excluding hydrogens is 328 g/mol. The third-order valence-corrected chi connectivity index (χ3v) is 5.63. The summed E-state index contributed by atoms with van der Waals surface area (Å²) in [6, 6.07) is 6.40. The topological polar surface area (TPSA) is 33.2 Å². The van der Waals surface area contributed by atoms with E-state index in [1.54, 1.807) is 6.26 Å². The van der Waals surface area contributed by atoms with Gasteiger partial charge in [-0.2, -0.15) is 0 Å². The first-order chi connectivity index (χ1) is 11.0. The smallest absolute Gasteiger partial charge is 0.129 e. The molecule has 3 rings (SSSR count). The van der Waals surface area contributed by atoms with Crippen molar-refractivity contribution in [2.75, 3.05) is 30.0 Å². The number of rotatable bonds is 5. The van der Waals surface area contributed by atoms with Crippen molar-refractivity contribution in [2.24, 2.45) is 5.92 Å². The molecule has 3 nitrogen and oxygen atoms in total. The third kappa shape index (κ3) is 3.53. The quantitative estimate of drug-likeness (QED) is 0.757. The maximum Gasteiger partial charge on any atom is 0.129 e. The molecule has 0 N–H and O–H groups in total. The van der Waals surface area contributed by atoms with Crippen molar-refractivity contribution in [1.82, 2.24) is 4.98 Å². The lowest BCUT2D eigenvalue weighted by Gasteiger charge is -2.42. The van der Waals surface area contributed by atoms with Crippen LogP contribution >= 0.6 is 11.6 Å². The highest BCUT2D eigenvalue weighted by Crippen LogP contribution is 2.36. The molecule has 0 bridgehead atoms. The Morgan fingerprint density at radius 3 is 2.74 bits per heavy atom. The second-order valence-electron chi connectivity index (χ2n) is 6.72. The molecule has 23 heavy (non-hydrogen) atoms. The van der Waals surface area contributed by atoms with E-state index < -0.39 is 10.8 Å². The number of pyridine rings is 1. The Bertz CT molecular complexity index is 741. The minimum Gasteiger partial charge on any atom is -0.370 e. The monoisotopic (exact) mass is 350 g/mol. The summed E-state index contributed by atoms with van der Waals surface area (Å²) in [6.45, 7) is 6.48. The van der Waals surface area contributed by atoms with Gasteiger partial charge in [0.05, 0.1) is 0 Å². The average Bonchev–Trinajstić information content (AvgIpc) is 2.44. The van der Waals surface area contributed by atoms with Crippen LogP contribution in [0.25, 0.3) is 10.8 Å². The highest BCUT2D eigenvalue weighted by molar-refractivity contribution is 7.84. The fraction of sp³-hybridized carbons (Fsp3) is 0.500. The highest BCUT2D eigenvalue weighted by atomic mass is 35.5. The van der Waals surface area contributed by atoms with Crippen molar-refractivity contribution in [3.63, 3.8) is 0 Å². The van der Waals surface area contributed by atoms with E-state index in [1.165, 1.54) is 22.0 Å². The highest BCUT2D eigenvalue weighted by Gasteiger charge is 2.28. The van der Waals surface area contributed by atoms with E-state index in [1.807, 2.05) is 12.3 Å². The molecule has 1 aliphatic heterocycles. The maximum atomic E-state index is 11.2. The van der Waals surface area contributed by atoms with Gasteiger partial charge in [0.2, 0.25) is 0 Å². The summed E-state index contributed by atoms with van der Waals surface area (Å²) < 4.78 is 11.2. The number of nitrogens with zero attached hydrogens (tertiary/aromatic N) is 2. The Morgan fingerprint density at radius 1 is 1.35 bits per heavy atom. The van der Waals surface area contributed by atoms with Crippen LogP contribution in [0.5, 0.6) is 0 Å². The molecule has 2 heterocycles. The zero-order valence-electron chi connectivity index (χ0n) is 13.9. The van der Waals surface area contributed by atoms with Gasteiger partial charge in [0.1, 0.15) is 5.15 Å². The summed E-state index contributed by atoms with van der Waals surface area (Å²) in [6.07, 6.45) is 4.73. The van der Waals surface area contributed by atoms with E-state index in [0.717, 1.165) is 25.3 Å². The SMILES string of the molecule is CC(C)c1ccc(N2CC(CC[S@](C)=O)C2)c2cnc(Cl)cc12. The second-order valence-corrected chi connectivity index (χ2v) is 8.66. The number of hydrogen-bond donors (Lipinski definition) is 0. The Morgan fingerprint density at radius 2 is 2.09 bits per heavy atom. The molecule has 0 amide bonds. The number of halogens is 1. The molecule has 1 atom stereocenters. The second kappa shape index (κ2) is 6.78. The molecule has 0 saturated carbocycles. The molecule has 0 aliphatic carbocycles. The largest absolute Gasteiger partial charge is 0.370 e. The van der Waals surface area contributed by atoms with E-state index in [0.29, 0.717) is 17.0 Å². The third-order valence-electron chi connectivity index (χ3n) is 4.61. The molecule has 1 aromatic carbocycles. The number of benzene rings is 1. The lowest BCUT2D eigenvalue weighted by molar-refractivity contribution is 0.401. The number of hydrogen-bond acceptors (Lipinski definition) is 3. The van der Waals surface area contributed by atoms with Gasteiger partial charge < -0.3 is 4.90 Å². The normalized spacial score (nSPS) is 16.8. The van der Waals surface area contributed by atoms with Gasteiger partial charge in [0, 0.05) is 53.2 Å². The van der Waals surface area contributed by atoms with Crippen LogP contribution < -0.4 is 4.90 Å². The van der Waals surface area contributed by atoms with Crippen LogP contribution in [0, 0.1) is 5.92 Å². The van der Waals surface area contributed by atoms with Crippen molar-refractivity contribution in [2.45, 2.75) is 26.2 Å². The predicted octanol–water partition coefficient (Wildman–Crippen LogP) is 4.22. The number of aromatic nitrogens is 1. The van der Waals surface area contributed by atoms with E-state index >= 15 is 0 Å². The van der Waals surface area contributed by atoms with E-state index in [2.05, 4.69) is 35.9 Å². The molecule has 0 radical (unpaired) electrons. The Hall–Kier alpha value is -1.13. The molecule has 124 valence electrons. The van der Waals surface area contributed by atoms with Crippen LogP contribution in [0.3, 0.4) is 0 Å². The van der Waals surface area contributed by atoms with Gasteiger partial charge in [-0.25, -0.2) is 4.98 Å². The summed E-state index contributed by atoms with van der Waals surface area (Å²) in [5.74, 6) is 1.91. The van der Waals surface area contributed by atoms with Gasteiger partial charge >= 0.3 is 0 Å². The minimum absolute atomic E-state index is 0.452. The molecule has 0 unspecified atom stereocenters. The van der Waals surface area contributed by atoms with Gasteiger partial charge in [0.15, 0.2) is 0 Å². The fourth-order valence-corrected chi connectivity index (χ4v) is 4.11. The Kier molecular flexibility index (Phi) is 4.93. The van der Waals surface area contributed by atoms with Crippen LogP contribution in [0.15, 0.2) is 24.4 Å². The van der Waals surface area contributed by atoms with Crippen molar-refractivity contribution in [3.8, 4) is 0 Å². The summed E-state index contributed by atoms with van der Waals surface area (Å²) in [4.78, 5) is 6.68. The van der Waals surface area contributed by atoms with Crippen LogP contribution in [-0.4, -0.2) is 34.3 Å². The van der Waals surface area contributed by atoms with E-state index in [9.17, 15) is 4.21 Å². The average molecular weight is 351 g/mol. The van der Waals surface area contributed by atoms with Gasteiger partial charge in [-0.1, -0.05) is 31.5 Å². The molecule has 1 saturated heterocycles. The molecule has 1 fully saturated rings. The molecule has 2 aromatic rings. The lowest BCUT2D eigenvalue weighted by Crippen LogP contribution is -2.47. The summed E-state index contributed by atoms with van der Waals surface area (Å²) in [7, 11) is -0.686. The maximum absolute atomic E-state index is 11.2. The summed E-state index contributed by atoms with van der Waals surface area (Å²) in [5, 5.41) is 2.93. The molecular formula is C18H23ClN2OS. The fourth-order valence-electron chi connectivity index (χ4n) is 3.28. The summed E-state index contributed by atoms with van der Waals surface area (Å²) >= 11 is 6.12. The van der Waals surface area contributed by atoms with Gasteiger partial charge in [0.25, 0.3) is 0 Å². The van der Waals surface area contributed by atoms with Crippen molar-refractivity contribution < 1.29 is 4.21 Å². The minimum atomic E-state index is -0.686. The van der Waals surface area contributed by atoms with Gasteiger partial charge in [-0.05, 0) is 41.3 Å². The van der Waals surface area contributed by atoms with Crippen LogP contribution in [0.1, 0.15) is 31.7 Å². The molecule has 0 spiro atoms. The molecule has 5 heteroatoms. The van der Waals surface area contributed by atoms with Gasteiger partial charge in [-0.15, -0.1) is 0 Å². The number of fused-ring (bicyclic) bond motifs is 1. The van der Waals surface area contributed by atoms with Crippen LogP contribution in [0.4, 0.5) is 5.69 Å². The van der Waals surface area contributed by atoms with E-state index in [4.69, 9.17) is 11.6 Å². The predicted molar refractivity (Wildman–Crippen MR) is 100 cm³/mol. The van der Waals surface area contributed by atoms with Crippen LogP contribution in [0.2, 0.25) is 5.15 Å². The van der Waals surface area contributed by atoms with Crippen molar-refractivity contribution in [1.29, 1.82) is 0 Å². The first-order valence-corrected chi connectivity index (χ1v) is 10.2. The standard InChI is InChI=1S/C18H23ClN2OS/c1-12(2)14-4-5-17(16-9-20-18(19)8-15(14)16)21-10-13(11-21)6-7-23(3)22/h4-5,8-9,12-13H,6-7,10-11H2,1-3H3/t23-/m0/s1. The zero-order chi connectivity index (χ0) is 16.6. The van der Waals surface area contributed by atoms with Crippen molar-refractivity contribution in [3.05, 3.63) is 35.1 Å². The first kappa shape index (κ1) is 16.7. The lowest BCUT2D eigenvalue weighted by atomic mass is 9.92. The molecule has 1 aromatic heterocycles. The van der Waals surface area contributed by atoms with E-state index in [-0.39, 0.29) is 0 Å². The first-order valence-electron chi connectivity index (χ1n) is 8.09. The van der Waals surface area contributed by atoms with Crippen LogP contribution in [-0.2, 0) is 10.8 Å². The van der Waals surface area contributed by atoms with Crippen molar-refractivity contribution >= 4 is 38.9 Å². The number of anilines is 1.